The minimum Gasteiger partial charge on any atom is -0.357 e. The van der Waals surface area contributed by atoms with E-state index in [1.165, 1.54) is 5.56 Å². The van der Waals surface area contributed by atoms with Gasteiger partial charge in [-0.1, -0.05) is 82.3 Å². The van der Waals surface area contributed by atoms with Crippen molar-refractivity contribution in [2.45, 2.75) is 65.0 Å². The second kappa shape index (κ2) is 10.2. The van der Waals surface area contributed by atoms with E-state index in [1.54, 1.807) is 11.9 Å². The number of carbonyl (C=O) groups excluding carboxylic acids is 2. The quantitative estimate of drug-likeness (QED) is 0.718. The molecule has 0 aliphatic carbocycles. The van der Waals surface area contributed by atoms with Crippen molar-refractivity contribution in [3.63, 3.8) is 0 Å². The van der Waals surface area contributed by atoms with E-state index in [0.29, 0.717) is 25.8 Å². The summed E-state index contributed by atoms with van der Waals surface area (Å²) in [6, 6.07) is 17.9. The first-order chi connectivity index (χ1) is 13.8. The van der Waals surface area contributed by atoms with Crippen LogP contribution in [0, 0.1) is 0 Å². The summed E-state index contributed by atoms with van der Waals surface area (Å²) >= 11 is 0. The van der Waals surface area contributed by atoms with Crippen LogP contribution >= 0.6 is 0 Å². The summed E-state index contributed by atoms with van der Waals surface area (Å²) in [6.45, 7) is 8.95. The van der Waals surface area contributed by atoms with E-state index in [1.807, 2.05) is 37.3 Å². The van der Waals surface area contributed by atoms with E-state index >= 15 is 0 Å². The summed E-state index contributed by atoms with van der Waals surface area (Å²) in [5.74, 6) is -0.115. The van der Waals surface area contributed by atoms with Crippen molar-refractivity contribution in [2.75, 3.05) is 7.05 Å². The summed E-state index contributed by atoms with van der Waals surface area (Å²) in [6.07, 6.45) is 1.63. The molecule has 2 rings (SSSR count). The van der Waals surface area contributed by atoms with Crippen LogP contribution in [0.3, 0.4) is 0 Å². The maximum atomic E-state index is 13.1. The van der Waals surface area contributed by atoms with Crippen molar-refractivity contribution in [3.8, 4) is 0 Å². The Kier molecular flexibility index (Phi) is 8.00. The molecule has 2 aromatic rings. The molecule has 0 unspecified atom stereocenters. The lowest BCUT2D eigenvalue weighted by Gasteiger charge is -2.30. The summed E-state index contributed by atoms with van der Waals surface area (Å²) in [5, 5.41) is 2.70. The van der Waals surface area contributed by atoms with E-state index in [2.05, 4.69) is 50.4 Å². The molecule has 2 amide bonds. The number of nitrogens with zero attached hydrogens (tertiary/aromatic N) is 1. The van der Waals surface area contributed by atoms with E-state index in [0.717, 1.165) is 11.1 Å². The van der Waals surface area contributed by atoms with Crippen LogP contribution in [0.5, 0.6) is 0 Å². The first-order valence-electron chi connectivity index (χ1n) is 10.4. The van der Waals surface area contributed by atoms with Crippen LogP contribution < -0.4 is 5.32 Å². The average Bonchev–Trinajstić information content (AvgIpc) is 2.72. The molecule has 0 saturated carbocycles. The fraction of sp³-hybridized carbons (Fsp3) is 0.440. The molecule has 4 nitrogen and oxygen atoms in total. The van der Waals surface area contributed by atoms with Crippen LogP contribution in [0.1, 0.15) is 57.2 Å². The van der Waals surface area contributed by atoms with Gasteiger partial charge in [-0.3, -0.25) is 9.59 Å². The van der Waals surface area contributed by atoms with Gasteiger partial charge in [0.2, 0.25) is 11.8 Å². The molecule has 2 aromatic carbocycles. The monoisotopic (exact) mass is 394 g/mol. The Balaban J connectivity index is 2.12. The van der Waals surface area contributed by atoms with Crippen molar-refractivity contribution in [1.29, 1.82) is 0 Å². The molecule has 0 aliphatic heterocycles. The van der Waals surface area contributed by atoms with Gasteiger partial charge >= 0.3 is 0 Å². The van der Waals surface area contributed by atoms with Crippen LogP contribution in [0.2, 0.25) is 0 Å². The van der Waals surface area contributed by atoms with Crippen molar-refractivity contribution in [2.24, 2.45) is 0 Å². The molecule has 0 aliphatic rings. The Morgan fingerprint density at radius 3 is 2.10 bits per heavy atom. The maximum Gasteiger partial charge on any atom is 0.242 e. The summed E-state index contributed by atoms with van der Waals surface area (Å²) in [4.78, 5) is 27.2. The number of hydrogen-bond acceptors (Lipinski definition) is 2. The third-order valence-electron chi connectivity index (χ3n) is 5.28. The number of hydrogen-bond donors (Lipinski definition) is 1. The molecule has 0 fully saturated rings. The van der Waals surface area contributed by atoms with Gasteiger partial charge in [-0.2, -0.15) is 0 Å². The Hall–Kier alpha value is -2.62. The third kappa shape index (κ3) is 6.45. The summed E-state index contributed by atoms with van der Waals surface area (Å²) in [7, 11) is 1.62. The van der Waals surface area contributed by atoms with E-state index in [-0.39, 0.29) is 17.2 Å². The predicted molar refractivity (Wildman–Crippen MR) is 119 cm³/mol. The molecule has 0 saturated heterocycles. The highest BCUT2D eigenvalue weighted by atomic mass is 16.2. The van der Waals surface area contributed by atoms with Gasteiger partial charge in [-0.15, -0.1) is 0 Å². The fourth-order valence-corrected chi connectivity index (χ4v) is 3.43. The van der Waals surface area contributed by atoms with Crippen LogP contribution in [0.15, 0.2) is 54.6 Å². The molecular formula is C25H34N2O2. The van der Waals surface area contributed by atoms with Crippen molar-refractivity contribution in [1.82, 2.24) is 10.2 Å². The minimum atomic E-state index is -0.462. The summed E-state index contributed by atoms with van der Waals surface area (Å²) < 4.78 is 0. The lowest BCUT2D eigenvalue weighted by atomic mass is 9.86. The van der Waals surface area contributed by atoms with Crippen molar-refractivity contribution in [3.05, 3.63) is 71.3 Å². The van der Waals surface area contributed by atoms with Crippen LogP contribution in [-0.2, 0) is 28.0 Å². The SMILES string of the molecule is CC[C@@H](C(=O)NC)N(Cc1ccccc1)C(=O)CCc1ccc(C(C)(C)C)cc1. The molecule has 29 heavy (non-hydrogen) atoms. The number of amides is 2. The normalized spacial score (nSPS) is 12.3. The second-order valence-corrected chi connectivity index (χ2v) is 8.49. The Labute approximate surface area is 175 Å². The molecular weight excluding hydrogens is 360 g/mol. The first kappa shape index (κ1) is 22.7. The Morgan fingerprint density at radius 2 is 1.59 bits per heavy atom. The molecule has 1 atom stereocenters. The van der Waals surface area contributed by atoms with E-state index in [9.17, 15) is 9.59 Å². The molecule has 0 heterocycles. The number of aryl methyl sites for hydroxylation is 1. The average molecular weight is 395 g/mol. The zero-order valence-corrected chi connectivity index (χ0v) is 18.4. The molecule has 0 bridgehead atoms. The predicted octanol–water partition coefficient (Wildman–Crippen LogP) is 4.47. The summed E-state index contributed by atoms with van der Waals surface area (Å²) in [5.41, 5.74) is 3.56. The number of carbonyl (C=O) groups is 2. The lowest BCUT2D eigenvalue weighted by molar-refractivity contribution is -0.141. The topological polar surface area (TPSA) is 49.4 Å². The molecule has 1 N–H and O–H groups in total. The van der Waals surface area contributed by atoms with Gasteiger partial charge in [0.05, 0.1) is 0 Å². The Bertz CT molecular complexity index is 792. The molecule has 0 radical (unpaired) electrons. The minimum absolute atomic E-state index is 0.00389. The number of benzene rings is 2. The Morgan fingerprint density at radius 1 is 0.966 bits per heavy atom. The fourth-order valence-electron chi connectivity index (χ4n) is 3.43. The maximum absolute atomic E-state index is 13.1. The standard InChI is InChI=1S/C25H34N2O2/c1-6-22(24(29)26-5)27(18-20-10-8-7-9-11-20)23(28)17-14-19-12-15-21(16-13-19)25(2,3)4/h7-13,15-16,22H,6,14,17-18H2,1-5H3,(H,26,29)/t22-/m0/s1. The van der Waals surface area contributed by atoms with Crippen LogP contribution in [-0.4, -0.2) is 29.8 Å². The molecule has 4 heteroatoms. The second-order valence-electron chi connectivity index (χ2n) is 8.49. The number of nitrogens with one attached hydrogen (secondary N) is 1. The van der Waals surface area contributed by atoms with E-state index < -0.39 is 6.04 Å². The van der Waals surface area contributed by atoms with Gasteiger partial charge in [-0.05, 0) is 34.9 Å². The van der Waals surface area contributed by atoms with Gasteiger partial charge in [-0.25, -0.2) is 0 Å². The molecule has 0 spiro atoms. The first-order valence-corrected chi connectivity index (χ1v) is 10.4. The largest absolute Gasteiger partial charge is 0.357 e. The highest BCUT2D eigenvalue weighted by Crippen LogP contribution is 2.23. The highest BCUT2D eigenvalue weighted by molar-refractivity contribution is 5.87. The zero-order valence-electron chi connectivity index (χ0n) is 18.4. The van der Waals surface area contributed by atoms with Crippen LogP contribution in [0.4, 0.5) is 0 Å². The number of rotatable bonds is 8. The molecule has 156 valence electrons. The van der Waals surface area contributed by atoms with Crippen molar-refractivity contribution < 1.29 is 9.59 Å². The van der Waals surface area contributed by atoms with Gasteiger partial charge in [0, 0.05) is 20.0 Å². The van der Waals surface area contributed by atoms with Crippen molar-refractivity contribution >= 4 is 11.8 Å². The number of likely N-dealkylation sites (N-methyl/N-ethyl adjacent to an activating group) is 1. The molecule has 0 aromatic heterocycles. The van der Waals surface area contributed by atoms with Gasteiger partial charge in [0.15, 0.2) is 0 Å². The third-order valence-corrected chi connectivity index (χ3v) is 5.28. The highest BCUT2D eigenvalue weighted by Gasteiger charge is 2.27. The van der Waals surface area contributed by atoms with Gasteiger partial charge in [0.25, 0.3) is 0 Å². The van der Waals surface area contributed by atoms with Gasteiger partial charge in [0.1, 0.15) is 6.04 Å². The van der Waals surface area contributed by atoms with E-state index in [4.69, 9.17) is 0 Å². The van der Waals surface area contributed by atoms with Crippen LogP contribution in [0.25, 0.3) is 0 Å². The zero-order chi connectivity index (χ0) is 21.4. The smallest absolute Gasteiger partial charge is 0.242 e. The van der Waals surface area contributed by atoms with Gasteiger partial charge < -0.3 is 10.2 Å². The lowest BCUT2D eigenvalue weighted by Crippen LogP contribution is -2.48.